The zero-order chi connectivity index (χ0) is 16.4. The Morgan fingerprint density at radius 2 is 2.08 bits per heavy atom. The van der Waals surface area contributed by atoms with Gasteiger partial charge in [0, 0.05) is 57.2 Å². The van der Waals surface area contributed by atoms with Gasteiger partial charge in [0.1, 0.15) is 0 Å². The first-order chi connectivity index (χ1) is 11.8. The molecule has 1 atom stereocenters. The Bertz CT molecular complexity index is 586. The highest BCUT2D eigenvalue weighted by molar-refractivity contribution is 5.79. The van der Waals surface area contributed by atoms with Gasteiger partial charge in [-0.3, -0.25) is 14.7 Å². The van der Waals surface area contributed by atoms with Crippen molar-refractivity contribution in [3.05, 3.63) is 29.6 Å². The van der Waals surface area contributed by atoms with E-state index in [4.69, 9.17) is 4.74 Å². The van der Waals surface area contributed by atoms with Gasteiger partial charge in [0.2, 0.25) is 5.91 Å². The molecule has 0 aliphatic carbocycles. The molecule has 0 bridgehead atoms. The number of carbonyl (C=O) groups is 1. The minimum absolute atomic E-state index is 0.166. The first-order valence-electron chi connectivity index (χ1n) is 9.34. The third-order valence-electron chi connectivity index (χ3n) is 5.79. The van der Waals surface area contributed by atoms with Gasteiger partial charge in [0.05, 0.1) is 5.92 Å². The number of hydrogen-bond acceptors (Lipinski definition) is 4. The lowest BCUT2D eigenvalue weighted by atomic mass is 9.92. The van der Waals surface area contributed by atoms with E-state index in [0.717, 1.165) is 77.2 Å². The molecule has 0 N–H and O–H groups in total. The fraction of sp³-hybridized carbons (Fsp3) is 0.684. The number of likely N-dealkylation sites (tertiary alicyclic amines) is 1. The Labute approximate surface area is 144 Å². The number of carbonyl (C=O) groups excluding carboxylic acids is 1. The van der Waals surface area contributed by atoms with E-state index in [1.54, 1.807) is 0 Å². The van der Waals surface area contributed by atoms with Crippen LogP contribution in [0.1, 0.15) is 36.9 Å². The molecule has 5 nitrogen and oxygen atoms in total. The van der Waals surface area contributed by atoms with E-state index >= 15 is 0 Å². The van der Waals surface area contributed by atoms with Crippen LogP contribution in [0.15, 0.2) is 18.3 Å². The van der Waals surface area contributed by atoms with Crippen molar-refractivity contribution in [2.75, 3.05) is 32.8 Å². The lowest BCUT2D eigenvalue weighted by Crippen LogP contribution is -2.50. The highest BCUT2D eigenvalue weighted by Crippen LogP contribution is 2.26. The van der Waals surface area contributed by atoms with Gasteiger partial charge >= 0.3 is 0 Å². The maximum atomic E-state index is 13.0. The predicted octanol–water partition coefficient (Wildman–Crippen LogP) is 1.86. The second-order valence-electron chi connectivity index (χ2n) is 7.30. The number of piperidine rings is 1. The van der Waals surface area contributed by atoms with Crippen LogP contribution in [0.3, 0.4) is 0 Å². The Hall–Kier alpha value is -1.46. The summed E-state index contributed by atoms with van der Waals surface area (Å²) in [4.78, 5) is 22.1. The topological polar surface area (TPSA) is 45.7 Å². The average Bonchev–Trinajstić information content (AvgIpc) is 2.68. The fourth-order valence-corrected chi connectivity index (χ4v) is 4.40. The minimum Gasteiger partial charge on any atom is -0.381 e. The number of pyridine rings is 1. The van der Waals surface area contributed by atoms with Crippen LogP contribution < -0.4 is 0 Å². The summed E-state index contributed by atoms with van der Waals surface area (Å²) < 4.78 is 5.49. The lowest BCUT2D eigenvalue weighted by molar-refractivity contribution is -0.139. The van der Waals surface area contributed by atoms with Crippen molar-refractivity contribution >= 4 is 5.91 Å². The van der Waals surface area contributed by atoms with Gasteiger partial charge in [0.15, 0.2) is 0 Å². The maximum Gasteiger partial charge on any atom is 0.227 e. The monoisotopic (exact) mass is 329 g/mol. The van der Waals surface area contributed by atoms with Crippen molar-refractivity contribution in [1.82, 2.24) is 14.8 Å². The van der Waals surface area contributed by atoms with E-state index < -0.39 is 0 Å². The molecule has 0 unspecified atom stereocenters. The quantitative estimate of drug-likeness (QED) is 0.831. The van der Waals surface area contributed by atoms with E-state index in [2.05, 4.69) is 20.9 Å². The highest BCUT2D eigenvalue weighted by Gasteiger charge is 2.33. The van der Waals surface area contributed by atoms with Gasteiger partial charge < -0.3 is 9.64 Å². The number of fused-ring (bicyclic) bond motifs is 1. The molecule has 0 saturated carbocycles. The summed E-state index contributed by atoms with van der Waals surface area (Å²) in [6.45, 7) is 5.36. The number of amides is 1. The van der Waals surface area contributed by atoms with Crippen molar-refractivity contribution < 1.29 is 9.53 Å². The van der Waals surface area contributed by atoms with Crippen molar-refractivity contribution in [3.8, 4) is 0 Å². The molecule has 3 aliphatic heterocycles. The molecule has 1 amide bonds. The number of rotatable bonds is 2. The van der Waals surface area contributed by atoms with Crippen molar-refractivity contribution in [2.45, 2.75) is 44.7 Å². The normalized spacial score (nSPS) is 26.2. The minimum atomic E-state index is 0.166. The molecule has 130 valence electrons. The molecule has 0 spiro atoms. The zero-order valence-corrected chi connectivity index (χ0v) is 14.3. The van der Waals surface area contributed by atoms with Gasteiger partial charge in [-0.15, -0.1) is 0 Å². The molecule has 1 aromatic heterocycles. The van der Waals surface area contributed by atoms with E-state index in [-0.39, 0.29) is 5.92 Å². The van der Waals surface area contributed by atoms with Crippen molar-refractivity contribution in [2.24, 2.45) is 5.92 Å². The van der Waals surface area contributed by atoms with Crippen molar-refractivity contribution in [1.29, 1.82) is 0 Å². The molecule has 1 aromatic rings. The Morgan fingerprint density at radius 3 is 2.96 bits per heavy atom. The number of aromatic nitrogens is 1. The summed E-state index contributed by atoms with van der Waals surface area (Å²) in [7, 11) is 0. The number of nitrogens with zero attached hydrogens (tertiary/aromatic N) is 3. The Balaban J connectivity index is 1.39. The van der Waals surface area contributed by atoms with Crippen LogP contribution >= 0.6 is 0 Å². The predicted molar refractivity (Wildman–Crippen MR) is 91.5 cm³/mol. The van der Waals surface area contributed by atoms with Crippen molar-refractivity contribution in [3.63, 3.8) is 0 Å². The molecule has 3 aliphatic rings. The number of hydrogen-bond donors (Lipinski definition) is 0. The third-order valence-corrected chi connectivity index (χ3v) is 5.79. The third kappa shape index (κ3) is 3.33. The molecule has 5 heteroatoms. The van der Waals surface area contributed by atoms with Crippen LogP contribution in [0.25, 0.3) is 0 Å². The highest BCUT2D eigenvalue weighted by atomic mass is 16.5. The second kappa shape index (κ2) is 7.19. The van der Waals surface area contributed by atoms with E-state index in [9.17, 15) is 4.79 Å². The molecule has 0 radical (unpaired) electrons. The summed E-state index contributed by atoms with van der Waals surface area (Å²) in [5.74, 6) is 0.515. The lowest BCUT2D eigenvalue weighted by Gasteiger charge is -2.41. The van der Waals surface area contributed by atoms with Gasteiger partial charge in [-0.2, -0.15) is 0 Å². The summed E-state index contributed by atoms with van der Waals surface area (Å²) in [5.41, 5.74) is 2.38. The first kappa shape index (κ1) is 16.0. The van der Waals surface area contributed by atoms with Crippen LogP contribution in [0.2, 0.25) is 0 Å². The smallest absolute Gasteiger partial charge is 0.227 e. The summed E-state index contributed by atoms with van der Waals surface area (Å²) in [6.07, 6.45) is 7.14. The zero-order valence-electron chi connectivity index (χ0n) is 14.3. The molecule has 24 heavy (non-hydrogen) atoms. The first-order valence-corrected chi connectivity index (χ1v) is 9.34. The van der Waals surface area contributed by atoms with Crippen LogP contribution in [0, 0.1) is 5.92 Å². The average molecular weight is 329 g/mol. The van der Waals surface area contributed by atoms with Gasteiger partial charge in [0.25, 0.3) is 0 Å². The summed E-state index contributed by atoms with van der Waals surface area (Å²) in [6, 6.07) is 4.69. The van der Waals surface area contributed by atoms with Crippen LogP contribution in [0.5, 0.6) is 0 Å². The summed E-state index contributed by atoms with van der Waals surface area (Å²) >= 11 is 0. The van der Waals surface area contributed by atoms with E-state index in [0.29, 0.717) is 11.9 Å². The molecular formula is C19H27N3O2. The standard InChI is InChI=1S/C19H27N3O2/c23-19(22-10-5-18-15(13-22)3-1-8-20-18)16-4-2-9-21(14-16)17-6-11-24-12-7-17/h1,3,8,16-17H,2,4-7,9-14H2/t16-/m0/s1. The largest absolute Gasteiger partial charge is 0.381 e. The van der Waals surface area contributed by atoms with Gasteiger partial charge in [-0.25, -0.2) is 0 Å². The van der Waals surface area contributed by atoms with Crippen LogP contribution in [0.4, 0.5) is 0 Å². The molecule has 4 heterocycles. The molecule has 2 saturated heterocycles. The van der Waals surface area contributed by atoms with Crippen LogP contribution in [-0.4, -0.2) is 59.6 Å². The van der Waals surface area contributed by atoms with E-state index in [1.165, 1.54) is 5.56 Å². The molecule has 2 fully saturated rings. The molecule has 0 aromatic carbocycles. The van der Waals surface area contributed by atoms with E-state index in [1.807, 2.05) is 12.3 Å². The Morgan fingerprint density at radius 1 is 1.21 bits per heavy atom. The fourth-order valence-electron chi connectivity index (χ4n) is 4.40. The van der Waals surface area contributed by atoms with Crippen LogP contribution in [-0.2, 0) is 22.5 Å². The molecular weight excluding hydrogens is 302 g/mol. The second-order valence-corrected chi connectivity index (χ2v) is 7.30. The maximum absolute atomic E-state index is 13.0. The summed E-state index contributed by atoms with van der Waals surface area (Å²) in [5, 5.41) is 0. The molecule has 4 rings (SSSR count). The number of ether oxygens (including phenoxy) is 1. The van der Waals surface area contributed by atoms with Gasteiger partial charge in [-0.05, 0) is 43.9 Å². The Kier molecular flexibility index (Phi) is 4.81. The van der Waals surface area contributed by atoms with Gasteiger partial charge in [-0.1, -0.05) is 6.07 Å². The SMILES string of the molecule is O=C([C@H]1CCCN(C2CCOCC2)C1)N1CCc2ncccc2C1.